The highest BCUT2D eigenvalue weighted by molar-refractivity contribution is 5.83. The van der Waals surface area contributed by atoms with Gasteiger partial charge in [0.2, 0.25) is 0 Å². The number of aromatic nitrogens is 1. The summed E-state index contributed by atoms with van der Waals surface area (Å²) in [7, 11) is 0. The first-order valence-corrected chi connectivity index (χ1v) is 14.8. The van der Waals surface area contributed by atoms with Crippen LogP contribution in [0, 0.1) is 35.5 Å². The average molecular weight is 556 g/mol. The van der Waals surface area contributed by atoms with Gasteiger partial charge in [0.25, 0.3) is 0 Å². The number of nitrogens with zero attached hydrogens (tertiary/aromatic N) is 1. The molecule has 0 amide bonds. The second-order valence-electron chi connectivity index (χ2n) is 13.0. The summed E-state index contributed by atoms with van der Waals surface area (Å²) in [6.45, 7) is 14.3. The van der Waals surface area contributed by atoms with Crippen LogP contribution in [0.2, 0.25) is 0 Å². The van der Waals surface area contributed by atoms with Crippen molar-refractivity contribution < 1.29 is 29.6 Å². The van der Waals surface area contributed by atoms with Gasteiger partial charge in [-0.3, -0.25) is 14.6 Å². The van der Waals surface area contributed by atoms with Crippen LogP contribution in [0.15, 0.2) is 36.5 Å². The van der Waals surface area contributed by atoms with Gasteiger partial charge in [-0.05, 0) is 75.0 Å². The molecule has 1 fully saturated rings. The Labute approximate surface area is 239 Å². The number of hydrogen-bond acceptors (Lipinski definition) is 7. The van der Waals surface area contributed by atoms with Crippen LogP contribution >= 0.6 is 0 Å². The predicted molar refractivity (Wildman–Crippen MR) is 156 cm³/mol. The molecule has 1 aromatic carbocycles. The van der Waals surface area contributed by atoms with E-state index in [0.29, 0.717) is 19.3 Å². The molecule has 0 radical (unpaired) electrons. The fraction of sp³-hybridized carbons (Fsp3) is 0.667. The van der Waals surface area contributed by atoms with Crippen molar-refractivity contribution in [3.63, 3.8) is 0 Å². The number of Topliss-reactive ketones (excluding diaryl/α,β-unsaturated/α-hetero) is 1. The Morgan fingerprint density at radius 2 is 1.62 bits per heavy atom. The highest BCUT2D eigenvalue weighted by Crippen LogP contribution is 2.39. The minimum atomic E-state index is -1.86. The molecule has 0 spiro atoms. The second kappa shape index (κ2) is 12.7. The SMILES string of the molecule is C[C@H]1[C@H](C)[C@@H](C)C(=O)O[C@H](CCCc2cnc3ccccc3c2)[C@@](C)(O)[C@H](O)[C@@H](C)C(=O)[C@H](C)C[C@@](C)(O)[C@@H]1C. The van der Waals surface area contributed by atoms with E-state index in [-0.39, 0.29) is 30.0 Å². The number of fused-ring (bicyclic) bond motifs is 1. The Morgan fingerprint density at radius 1 is 0.975 bits per heavy atom. The summed E-state index contributed by atoms with van der Waals surface area (Å²) in [6.07, 6.45) is 1.13. The molecule has 3 rings (SSSR count). The zero-order chi connectivity index (χ0) is 30.0. The first kappa shape index (κ1) is 32.2. The highest BCUT2D eigenvalue weighted by Gasteiger charge is 2.48. The van der Waals surface area contributed by atoms with E-state index >= 15 is 0 Å². The summed E-state index contributed by atoms with van der Waals surface area (Å²) in [4.78, 5) is 31.3. The van der Waals surface area contributed by atoms with Crippen molar-refractivity contribution in [2.24, 2.45) is 35.5 Å². The van der Waals surface area contributed by atoms with Crippen LogP contribution in [0.3, 0.4) is 0 Å². The molecule has 222 valence electrons. The lowest BCUT2D eigenvalue weighted by atomic mass is 9.68. The first-order valence-electron chi connectivity index (χ1n) is 14.8. The number of carbonyl (C=O) groups is 2. The van der Waals surface area contributed by atoms with Crippen LogP contribution in [-0.4, -0.2) is 55.5 Å². The fourth-order valence-corrected chi connectivity index (χ4v) is 6.36. The maximum atomic E-state index is 13.4. The third-order valence-corrected chi connectivity index (χ3v) is 9.97. The quantitative estimate of drug-likeness (QED) is 0.448. The van der Waals surface area contributed by atoms with Gasteiger partial charge < -0.3 is 20.1 Å². The summed E-state index contributed by atoms with van der Waals surface area (Å²) in [5.41, 5.74) is -1.07. The zero-order valence-corrected chi connectivity index (χ0v) is 25.4. The number of benzene rings is 1. The molecule has 40 heavy (non-hydrogen) atoms. The Morgan fingerprint density at radius 3 is 2.30 bits per heavy atom. The first-order chi connectivity index (χ1) is 18.6. The molecule has 7 heteroatoms. The Balaban J connectivity index is 1.89. The number of ketones is 1. The van der Waals surface area contributed by atoms with Crippen LogP contribution in [0.4, 0.5) is 0 Å². The Kier molecular flexibility index (Phi) is 10.2. The number of cyclic esters (lactones) is 1. The lowest BCUT2D eigenvalue weighted by Gasteiger charge is -2.43. The second-order valence-corrected chi connectivity index (χ2v) is 13.0. The van der Waals surface area contributed by atoms with Crippen molar-refractivity contribution in [3.8, 4) is 0 Å². The average Bonchev–Trinajstić information content (AvgIpc) is 2.92. The van der Waals surface area contributed by atoms with Crippen LogP contribution < -0.4 is 0 Å². The number of carbonyl (C=O) groups excluding carboxylic acids is 2. The molecule has 0 aliphatic carbocycles. The number of para-hydroxylation sites is 1. The van der Waals surface area contributed by atoms with E-state index in [1.807, 2.05) is 58.2 Å². The Bertz CT molecular complexity index is 1180. The van der Waals surface area contributed by atoms with Gasteiger partial charge in [-0.2, -0.15) is 0 Å². The molecule has 1 aromatic heterocycles. The van der Waals surface area contributed by atoms with Gasteiger partial charge in [0.1, 0.15) is 17.5 Å². The molecule has 7 nitrogen and oxygen atoms in total. The summed E-state index contributed by atoms with van der Waals surface area (Å²) in [6, 6.07) is 9.96. The van der Waals surface area contributed by atoms with Crippen molar-refractivity contribution >= 4 is 22.7 Å². The molecule has 3 N–H and O–H groups in total. The Hall–Kier alpha value is -2.35. The van der Waals surface area contributed by atoms with Gasteiger partial charge >= 0.3 is 5.97 Å². The van der Waals surface area contributed by atoms with Crippen LogP contribution in [-0.2, 0) is 20.7 Å². The van der Waals surface area contributed by atoms with E-state index in [1.54, 1.807) is 20.8 Å². The summed E-state index contributed by atoms with van der Waals surface area (Å²) in [5.74, 6) is -2.98. The van der Waals surface area contributed by atoms with E-state index in [9.17, 15) is 24.9 Å². The van der Waals surface area contributed by atoms with Gasteiger partial charge in [0, 0.05) is 23.4 Å². The van der Waals surface area contributed by atoms with Crippen molar-refractivity contribution in [2.45, 2.75) is 104 Å². The molecule has 10 atom stereocenters. The van der Waals surface area contributed by atoms with Crippen LogP contribution in [0.5, 0.6) is 0 Å². The molecular weight excluding hydrogens is 506 g/mol. The standard InChI is InChI=1S/C33H49NO6/c1-19-17-32(7,38)24(6)21(3)20(2)22(4)31(37)40-28(33(8,39)30(36)23(5)29(19)35)15-11-12-25-16-26-13-9-10-14-27(26)34-18-25/h9-10,13-14,16,18-24,28,30,36,38-39H,11-12,15,17H2,1-8H3/t19-,20+,21+,22-,23+,24-,28-,30-,32-,33-/m1/s1. The third kappa shape index (κ3) is 6.92. The number of esters is 1. The molecular formula is C33H49NO6. The molecule has 2 heterocycles. The summed E-state index contributed by atoms with van der Waals surface area (Å²) < 4.78 is 5.98. The molecule has 1 aliphatic rings. The number of rotatable bonds is 4. The fourth-order valence-electron chi connectivity index (χ4n) is 6.36. The van der Waals surface area contributed by atoms with Crippen LogP contribution in [0.25, 0.3) is 10.9 Å². The molecule has 1 aliphatic heterocycles. The smallest absolute Gasteiger partial charge is 0.309 e. The number of aliphatic hydroxyl groups excluding tert-OH is 1. The maximum absolute atomic E-state index is 13.4. The highest BCUT2D eigenvalue weighted by atomic mass is 16.6. The largest absolute Gasteiger partial charge is 0.459 e. The van der Waals surface area contributed by atoms with E-state index in [0.717, 1.165) is 16.5 Å². The topological polar surface area (TPSA) is 117 Å². The molecule has 0 unspecified atom stereocenters. The van der Waals surface area contributed by atoms with Crippen LogP contribution in [0.1, 0.15) is 80.2 Å². The minimum absolute atomic E-state index is 0.0369. The number of aliphatic hydroxyl groups is 3. The molecule has 2 aromatic rings. The molecule has 1 saturated heterocycles. The zero-order valence-electron chi connectivity index (χ0n) is 25.4. The van der Waals surface area contributed by atoms with Gasteiger partial charge in [-0.25, -0.2) is 0 Å². The van der Waals surface area contributed by atoms with Gasteiger partial charge in [0.15, 0.2) is 0 Å². The number of hydrogen-bond donors (Lipinski definition) is 3. The lowest BCUT2D eigenvalue weighted by Crippen LogP contribution is -2.56. The lowest BCUT2D eigenvalue weighted by molar-refractivity contribution is -0.192. The molecule has 0 bridgehead atoms. The minimum Gasteiger partial charge on any atom is -0.459 e. The number of ether oxygens (including phenoxy) is 1. The summed E-state index contributed by atoms with van der Waals surface area (Å²) in [5, 5.41) is 35.3. The number of aryl methyl sites for hydroxylation is 1. The molecule has 0 saturated carbocycles. The van der Waals surface area contributed by atoms with Gasteiger partial charge in [-0.15, -0.1) is 0 Å². The van der Waals surface area contributed by atoms with Gasteiger partial charge in [0.05, 0.1) is 23.1 Å². The predicted octanol–water partition coefficient (Wildman–Crippen LogP) is 5.12. The van der Waals surface area contributed by atoms with E-state index in [1.165, 1.54) is 6.92 Å². The van der Waals surface area contributed by atoms with E-state index in [2.05, 4.69) is 11.1 Å². The van der Waals surface area contributed by atoms with Crippen molar-refractivity contribution in [1.29, 1.82) is 0 Å². The maximum Gasteiger partial charge on any atom is 0.309 e. The monoisotopic (exact) mass is 555 g/mol. The summed E-state index contributed by atoms with van der Waals surface area (Å²) >= 11 is 0. The number of pyridine rings is 1. The van der Waals surface area contributed by atoms with Crippen molar-refractivity contribution in [1.82, 2.24) is 4.98 Å². The third-order valence-electron chi connectivity index (χ3n) is 9.97. The van der Waals surface area contributed by atoms with E-state index < -0.39 is 47.1 Å². The van der Waals surface area contributed by atoms with Gasteiger partial charge in [-0.1, -0.05) is 59.7 Å². The van der Waals surface area contributed by atoms with Crippen molar-refractivity contribution in [3.05, 3.63) is 42.1 Å². The van der Waals surface area contributed by atoms with E-state index in [4.69, 9.17) is 4.74 Å². The normalized spacial score (nSPS) is 38.6. The van der Waals surface area contributed by atoms with Crippen molar-refractivity contribution in [2.75, 3.05) is 0 Å².